The van der Waals surface area contributed by atoms with Gasteiger partial charge in [0.2, 0.25) is 11.8 Å². The summed E-state index contributed by atoms with van der Waals surface area (Å²) in [4.78, 5) is 73.2. The summed E-state index contributed by atoms with van der Waals surface area (Å²) in [5.74, 6) is 1.58. The maximum absolute atomic E-state index is 14.2. The molecule has 2 aromatic carbocycles. The van der Waals surface area contributed by atoms with Crippen molar-refractivity contribution in [2.24, 2.45) is 22.7 Å². The highest BCUT2D eigenvalue weighted by Crippen LogP contribution is 2.58. The molecule has 332 valence electrons. The van der Waals surface area contributed by atoms with Gasteiger partial charge >= 0.3 is 12.2 Å². The Morgan fingerprint density at radius 2 is 1.48 bits per heavy atom. The molecule has 5 aliphatic rings. The van der Waals surface area contributed by atoms with Gasteiger partial charge in [-0.2, -0.15) is 0 Å². The zero-order valence-corrected chi connectivity index (χ0v) is 37.4. The van der Waals surface area contributed by atoms with E-state index in [0.29, 0.717) is 12.5 Å². The Hall–Kier alpha value is -5.92. The third kappa shape index (κ3) is 8.12. The lowest BCUT2D eigenvalue weighted by molar-refractivity contribution is -0.141. The number of carbonyl (C=O) groups is 4. The molecular formula is C49H60N8O6. The van der Waals surface area contributed by atoms with Gasteiger partial charge in [0.1, 0.15) is 23.7 Å². The van der Waals surface area contributed by atoms with Crippen molar-refractivity contribution in [2.45, 2.75) is 116 Å². The molecule has 0 radical (unpaired) electrons. The Kier molecular flexibility index (Phi) is 11.0. The van der Waals surface area contributed by atoms with Crippen LogP contribution in [-0.4, -0.2) is 92.6 Å². The van der Waals surface area contributed by atoms with Gasteiger partial charge in [0.25, 0.3) is 0 Å². The third-order valence-electron chi connectivity index (χ3n) is 14.3. The van der Waals surface area contributed by atoms with E-state index in [9.17, 15) is 19.2 Å². The molecule has 2 saturated carbocycles. The van der Waals surface area contributed by atoms with Crippen molar-refractivity contribution in [2.75, 3.05) is 20.8 Å². The number of aromatic amines is 2. The first-order valence-electron chi connectivity index (χ1n) is 22.5. The molecule has 6 unspecified atom stereocenters. The highest BCUT2D eigenvalue weighted by molar-refractivity contribution is 5.88. The van der Waals surface area contributed by atoms with E-state index in [2.05, 4.69) is 69.1 Å². The molecule has 6 atom stereocenters. The number of nitrogens with zero attached hydrogens (tertiary/aromatic N) is 4. The molecule has 2 bridgehead atoms. The van der Waals surface area contributed by atoms with Crippen LogP contribution in [0.4, 0.5) is 9.59 Å². The molecule has 4 N–H and O–H groups in total. The summed E-state index contributed by atoms with van der Waals surface area (Å²) < 4.78 is 9.71. The number of hydrogen-bond donors (Lipinski definition) is 4. The molecule has 4 amide bonds. The number of likely N-dealkylation sites (tertiary alicyclic amines) is 2. The summed E-state index contributed by atoms with van der Waals surface area (Å²) in [6.45, 7) is 10.4. The third-order valence-corrected chi connectivity index (χ3v) is 14.3. The molecule has 2 aromatic heterocycles. The molecule has 14 heteroatoms. The highest BCUT2D eigenvalue weighted by Gasteiger charge is 2.55. The normalized spacial score (nSPS) is 23.0. The highest BCUT2D eigenvalue weighted by atomic mass is 16.5. The second kappa shape index (κ2) is 16.3. The van der Waals surface area contributed by atoms with Crippen molar-refractivity contribution in [1.29, 1.82) is 0 Å². The first kappa shape index (κ1) is 42.4. The zero-order chi connectivity index (χ0) is 44.4. The molecule has 9 rings (SSSR count). The van der Waals surface area contributed by atoms with E-state index in [1.165, 1.54) is 36.5 Å². The quantitative estimate of drug-likeness (QED) is 0.123. The maximum Gasteiger partial charge on any atom is 0.407 e. The number of piperidine rings is 1. The lowest BCUT2D eigenvalue weighted by atomic mass is 9.85. The number of aryl methyl sites for hydroxylation is 1. The minimum Gasteiger partial charge on any atom is -0.453 e. The topological polar surface area (TPSA) is 175 Å². The second-order valence-electron chi connectivity index (χ2n) is 19.9. The van der Waals surface area contributed by atoms with Gasteiger partial charge in [-0.25, -0.2) is 19.6 Å². The number of fused-ring (bicyclic) bond motifs is 3. The summed E-state index contributed by atoms with van der Waals surface area (Å²) in [5.41, 5.74) is 8.45. The maximum atomic E-state index is 14.2. The van der Waals surface area contributed by atoms with E-state index in [1.807, 2.05) is 56.8 Å². The number of ether oxygens (including phenoxy) is 2. The summed E-state index contributed by atoms with van der Waals surface area (Å²) in [7, 11) is 2.63. The first-order valence-corrected chi connectivity index (χ1v) is 22.5. The first-order chi connectivity index (χ1) is 30.1. The fourth-order valence-corrected chi connectivity index (χ4v) is 10.6. The number of H-pyrrole nitrogens is 2. The largest absolute Gasteiger partial charge is 0.453 e. The van der Waals surface area contributed by atoms with E-state index >= 15 is 0 Å². The molecule has 4 heterocycles. The molecule has 3 aliphatic carbocycles. The van der Waals surface area contributed by atoms with Crippen molar-refractivity contribution in [3.63, 3.8) is 0 Å². The van der Waals surface area contributed by atoms with Crippen LogP contribution in [0.5, 0.6) is 0 Å². The van der Waals surface area contributed by atoms with Crippen LogP contribution in [0.25, 0.3) is 34.2 Å². The SMILES string of the molecule is COC(=O)NC(C(=O)N1CC2(CC2)CC1c1ncc(-c2ccc3c(c2)CCC(c2ccc(-c4cnc(C5C6CCC(C6)N5C(=O)C(NC(=O)OC)C(C)(C)C)[nH]4)cc2)=C3)[nH]1)C(C)C. The zero-order valence-electron chi connectivity index (χ0n) is 37.4. The molecule has 63 heavy (non-hydrogen) atoms. The number of nitrogens with one attached hydrogen (secondary N) is 4. The van der Waals surface area contributed by atoms with Crippen molar-refractivity contribution >= 4 is 35.6 Å². The minimum atomic E-state index is -0.729. The molecule has 2 saturated heterocycles. The Labute approximate surface area is 369 Å². The van der Waals surface area contributed by atoms with Gasteiger partial charge in [-0.1, -0.05) is 77.1 Å². The fraction of sp³-hybridized carbons (Fsp3) is 0.510. The number of carbonyl (C=O) groups excluding carboxylic acids is 4. The molecule has 1 spiro atoms. The summed E-state index contributed by atoms with van der Waals surface area (Å²) in [6, 6.07) is 13.5. The number of imidazole rings is 2. The number of methoxy groups -OCH3 is 2. The van der Waals surface area contributed by atoms with E-state index in [-0.39, 0.29) is 41.3 Å². The predicted molar refractivity (Wildman–Crippen MR) is 239 cm³/mol. The summed E-state index contributed by atoms with van der Waals surface area (Å²) >= 11 is 0. The average molecular weight is 857 g/mol. The van der Waals surface area contributed by atoms with Gasteiger partial charge in [-0.3, -0.25) is 9.59 Å². The van der Waals surface area contributed by atoms with E-state index in [4.69, 9.17) is 19.4 Å². The number of alkyl carbamates (subject to hydrolysis) is 2. The van der Waals surface area contributed by atoms with Gasteiger partial charge in [0.15, 0.2) is 0 Å². The Balaban J connectivity index is 0.884. The van der Waals surface area contributed by atoms with E-state index in [0.717, 1.165) is 85.5 Å². The number of amides is 4. The van der Waals surface area contributed by atoms with Gasteiger partial charge in [0.05, 0.1) is 50.1 Å². The molecular weight excluding hydrogens is 797 g/mol. The number of aromatic nitrogens is 4. The van der Waals surface area contributed by atoms with Crippen LogP contribution in [0.3, 0.4) is 0 Å². The molecule has 4 fully saturated rings. The minimum absolute atomic E-state index is 0.0958. The van der Waals surface area contributed by atoms with Crippen molar-refractivity contribution in [1.82, 2.24) is 40.4 Å². The summed E-state index contributed by atoms with van der Waals surface area (Å²) in [5, 5.41) is 5.57. The van der Waals surface area contributed by atoms with E-state index in [1.54, 1.807) is 0 Å². The van der Waals surface area contributed by atoms with Crippen LogP contribution in [0.15, 0.2) is 54.9 Å². The van der Waals surface area contributed by atoms with Crippen LogP contribution in [-0.2, 0) is 25.5 Å². The molecule has 14 nitrogen and oxygen atoms in total. The predicted octanol–water partition coefficient (Wildman–Crippen LogP) is 8.21. The summed E-state index contributed by atoms with van der Waals surface area (Å²) in [6.07, 6.45) is 12.6. The average Bonchev–Trinajstić information content (AvgIpc) is 3.91. The smallest absolute Gasteiger partial charge is 0.407 e. The fourth-order valence-electron chi connectivity index (χ4n) is 10.6. The van der Waals surface area contributed by atoms with Crippen molar-refractivity contribution in [3.8, 4) is 22.5 Å². The second-order valence-corrected chi connectivity index (χ2v) is 19.9. The lowest BCUT2D eigenvalue weighted by Gasteiger charge is -2.40. The standard InChI is InChI=1S/C49H60N8O6/c1-27(2)39(54-46(60)62-6)44(58)56-26-49(18-19-49)23-38(56)42-50-25-37(52-42)33-15-14-31-20-30(12-13-32(31)21-33)28-8-10-29(11-9-28)36-24-51-43(53-36)40-34-16-17-35(22-34)57(40)45(59)41(48(3,4)5)55-47(61)63-7/h8-11,14-15,20-21,24-25,27,34-35,38-41H,12-13,16-19,22-23,26H2,1-7H3,(H,50,52)(H,51,53)(H,54,60)(H,55,61). The number of hydrogen-bond acceptors (Lipinski definition) is 8. The van der Waals surface area contributed by atoms with Crippen molar-refractivity contribution < 1.29 is 28.7 Å². The number of rotatable bonds is 10. The molecule has 2 aliphatic heterocycles. The van der Waals surface area contributed by atoms with Crippen LogP contribution in [0.2, 0.25) is 0 Å². The van der Waals surface area contributed by atoms with Gasteiger partial charge < -0.3 is 39.9 Å². The van der Waals surface area contributed by atoms with Crippen LogP contribution >= 0.6 is 0 Å². The van der Waals surface area contributed by atoms with Gasteiger partial charge in [0, 0.05) is 12.6 Å². The van der Waals surface area contributed by atoms with Crippen LogP contribution in [0, 0.1) is 22.7 Å². The van der Waals surface area contributed by atoms with Crippen molar-refractivity contribution in [3.05, 3.63) is 83.2 Å². The molecule has 4 aromatic rings. The number of benzene rings is 2. The van der Waals surface area contributed by atoms with Gasteiger partial charge in [-0.05, 0) is 113 Å². The van der Waals surface area contributed by atoms with Crippen LogP contribution < -0.4 is 10.6 Å². The Bertz CT molecular complexity index is 2440. The Morgan fingerprint density at radius 3 is 2.16 bits per heavy atom. The van der Waals surface area contributed by atoms with E-state index < -0.39 is 29.7 Å². The number of allylic oxidation sites excluding steroid dienone is 1. The Morgan fingerprint density at radius 1 is 0.825 bits per heavy atom. The lowest BCUT2D eigenvalue weighted by Crippen LogP contribution is -2.56. The van der Waals surface area contributed by atoms with Crippen LogP contribution in [0.1, 0.15) is 120 Å². The van der Waals surface area contributed by atoms with Gasteiger partial charge in [-0.15, -0.1) is 0 Å². The monoisotopic (exact) mass is 856 g/mol.